The average Bonchev–Trinajstić information content (AvgIpc) is 2.84. The number of hydrogen-bond donors (Lipinski definition) is 4. The smallest absolute Gasteiger partial charge is 0.251 e. The van der Waals surface area contributed by atoms with Crippen LogP contribution in [0.3, 0.4) is 0 Å². The third-order valence-electron chi connectivity index (χ3n) is 4.36. The van der Waals surface area contributed by atoms with Crippen molar-refractivity contribution < 1.29 is 19.2 Å². The van der Waals surface area contributed by atoms with E-state index in [0.29, 0.717) is 11.1 Å². The van der Waals surface area contributed by atoms with Gasteiger partial charge in [-0.25, -0.2) is 0 Å². The lowest BCUT2D eigenvalue weighted by Gasteiger charge is -2.19. The minimum atomic E-state index is -0.748. The number of hydrogen-bond acceptors (Lipinski definition) is 6. The Morgan fingerprint density at radius 2 is 1.00 bits per heavy atom. The molecule has 32 heavy (non-hydrogen) atoms. The number of nitrogens with one attached hydrogen (secondary N) is 4. The molecule has 4 amide bonds. The van der Waals surface area contributed by atoms with Crippen LogP contribution in [0.25, 0.3) is 0 Å². The van der Waals surface area contributed by atoms with Gasteiger partial charge in [0.05, 0.1) is 0 Å². The van der Waals surface area contributed by atoms with Crippen LogP contribution in [0.1, 0.15) is 20.7 Å². The summed E-state index contributed by atoms with van der Waals surface area (Å²) >= 11 is 0. The van der Waals surface area contributed by atoms with Crippen LogP contribution in [0.4, 0.5) is 0 Å². The fourth-order valence-electron chi connectivity index (χ4n) is 2.61. The van der Waals surface area contributed by atoms with Crippen molar-refractivity contribution in [3.63, 3.8) is 0 Å². The van der Waals surface area contributed by atoms with Gasteiger partial charge >= 0.3 is 0 Å². The zero-order valence-electron chi connectivity index (χ0n) is 17.8. The van der Waals surface area contributed by atoms with Gasteiger partial charge in [0, 0.05) is 36.7 Å². The third kappa shape index (κ3) is 7.93. The van der Waals surface area contributed by atoms with Gasteiger partial charge in [0.2, 0.25) is 11.8 Å². The van der Waals surface area contributed by atoms with Crippen LogP contribution in [0.2, 0.25) is 0 Å². The largest absolute Gasteiger partial charge is 0.357 e. The van der Waals surface area contributed by atoms with Gasteiger partial charge in [0.15, 0.2) is 0 Å². The molecule has 2 aromatic carbocycles. The molecule has 8 nitrogen and oxygen atoms in total. The SMILES string of the molecule is CNC(=O)[C@H](CSSC[C@H](NC(=O)c1ccccc1)C(=O)NC)NC(=O)c1ccccc1. The summed E-state index contributed by atoms with van der Waals surface area (Å²) in [5, 5.41) is 10.5. The van der Waals surface area contributed by atoms with Crippen LogP contribution in [0, 0.1) is 0 Å². The van der Waals surface area contributed by atoms with Crippen LogP contribution in [0.5, 0.6) is 0 Å². The first kappa shape index (κ1) is 25.3. The molecule has 0 spiro atoms. The van der Waals surface area contributed by atoms with E-state index in [1.807, 2.05) is 0 Å². The number of carbonyl (C=O) groups is 4. The molecule has 4 N–H and O–H groups in total. The number of rotatable bonds is 11. The van der Waals surface area contributed by atoms with E-state index in [0.717, 1.165) is 0 Å². The molecule has 0 radical (unpaired) electrons. The third-order valence-corrected chi connectivity index (χ3v) is 6.78. The molecule has 0 unspecified atom stereocenters. The summed E-state index contributed by atoms with van der Waals surface area (Å²) in [6.45, 7) is 0. The van der Waals surface area contributed by atoms with Crippen molar-refractivity contribution in [1.29, 1.82) is 0 Å². The van der Waals surface area contributed by atoms with Crippen molar-refractivity contribution in [1.82, 2.24) is 21.3 Å². The molecular formula is C22H26N4O4S2. The van der Waals surface area contributed by atoms with Gasteiger partial charge in [-0.05, 0) is 24.3 Å². The normalized spacial score (nSPS) is 12.2. The van der Waals surface area contributed by atoms with Gasteiger partial charge < -0.3 is 21.3 Å². The fraction of sp³-hybridized carbons (Fsp3) is 0.273. The van der Waals surface area contributed by atoms with Crippen LogP contribution < -0.4 is 21.3 Å². The lowest BCUT2D eigenvalue weighted by Crippen LogP contribution is -2.48. The standard InChI is InChI=1S/C22H26N4O4S2/c1-23-21(29)17(25-19(27)15-9-5-3-6-10-15)13-31-32-14-18(22(30)24-2)26-20(28)16-11-7-4-8-12-16/h3-12,17-18H,13-14H2,1-2H3,(H,23,29)(H,24,30)(H,25,27)(H,26,28)/t17-,18-/m0/s1. The Hall–Kier alpha value is -2.98. The molecule has 170 valence electrons. The minimum absolute atomic E-state index is 0.288. The monoisotopic (exact) mass is 474 g/mol. The molecule has 10 heteroatoms. The van der Waals surface area contributed by atoms with E-state index < -0.39 is 12.1 Å². The molecule has 0 aliphatic rings. The van der Waals surface area contributed by atoms with Crippen molar-refractivity contribution >= 4 is 45.2 Å². The summed E-state index contributed by atoms with van der Waals surface area (Å²) in [4.78, 5) is 49.2. The first-order valence-corrected chi connectivity index (χ1v) is 12.3. The Morgan fingerprint density at radius 1 is 0.656 bits per heavy atom. The molecule has 2 rings (SSSR count). The predicted molar refractivity (Wildman–Crippen MR) is 128 cm³/mol. The van der Waals surface area contributed by atoms with E-state index in [2.05, 4.69) is 21.3 Å². The van der Waals surface area contributed by atoms with Gasteiger partial charge in [-0.2, -0.15) is 0 Å². The lowest BCUT2D eigenvalue weighted by atomic mass is 10.2. The molecule has 0 aliphatic carbocycles. The molecule has 0 saturated heterocycles. The maximum absolute atomic E-state index is 12.4. The zero-order valence-corrected chi connectivity index (χ0v) is 19.4. The van der Waals surface area contributed by atoms with E-state index in [9.17, 15) is 19.2 Å². The summed E-state index contributed by atoms with van der Waals surface area (Å²) in [6.07, 6.45) is 0. The highest BCUT2D eigenvalue weighted by Crippen LogP contribution is 2.23. The first-order chi connectivity index (χ1) is 15.5. The summed E-state index contributed by atoms with van der Waals surface area (Å²) in [5.74, 6) is -0.747. The fourth-order valence-corrected chi connectivity index (χ4v) is 4.94. The molecule has 0 fully saturated rings. The molecule has 0 aromatic heterocycles. The summed E-state index contributed by atoms with van der Waals surface area (Å²) in [5.41, 5.74) is 0.921. The lowest BCUT2D eigenvalue weighted by molar-refractivity contribution is -0.122. The number of carbonyl (C=O) groups excluding carboxylic acids is 4. The van der Waals surface area contributed by atoms with Gasteiger partial charge in [0.1, 0.15) is 12.1 Å². The predicted octanol–water partition coefficient (Wildman–Crippen LogP) is 1.46. The minimum Gasteiger partial charge on any atom is -0.357 e. The summed E-state index contributed by atoms with van der Waals surface area (Å²) < 4.78 is 0. The second-order valence-corrected chi connectivity index (χ2v) is 9.13. The number of benzene rings is 2. The molecule has 0 heterocycles. The van der Waals surface area contributed by atoms with Gasteiger partial charge in [-0.1, -0.05) is 58.0 Å². The van der Waals surface area contributed by atoms with Crippen molar-refractivity contribution in [3.05, 3.63) is 71.8 Å². The Bertz CT molecular complexity index is 837. The highest BCUT2D eigenvalue weighted by atomic mass is 33.1. The molecule has 2 atom stereocenters. The van der Waals surface area contributed by atoms with Crippen molar-refractivity contribution in [2.75, 3.05) is 25.6 Å². The summed E-state index contributed by atoms with van der Waals surface area (Å²) in [6, 6.07) is 15.8. The highest BCUT2D eigenvalue weighted by molar-refractivity contribution is 8.76. The Kier molecular flexibility index (Phi) is 10.6. The maximum Gasteiger partial charge on any atom is 0.251 e. The maximum atomic E-state index is 12.4. The zero-order chi connectivity index (χ0) is 23.3. The van der Waals surface area contributed by atoms with E-state index >= 15 is 0 Å². The molecular weight excluding hydrogens is 448 g/mol. The molecule has 0 bridgehead atoms. The summed E-state index contributed by atoms with van der Waals surface area (Å²) in [7, 11) is 5.67. The topological polar surface area (TPSA) is 116 Å². The van der Waals surface area contributed by atoms with Crippen LogP contribution in [-0.4, -0.2) is 61.3 Å². The first-order valence-electron chi connectivity index (χ1n) is 9.85. The Labute approximate surface area is 195 Å². The van der Waals surface area contributed by atoms with Crippen molar-refractivity contribution in [3.8, 4) is 0 Å². The van der Waals surface area contributed by atoms with Gasteiger partial charge in [0.25, 0.3) is 11.8 Å². The molecule has 2 aromatic rings. The van der Waals surface area contributed by atoms with E-state index in [1.54, 1.807) is 60.7 Å². The van der Waals surface area contributed by atoms with E-state index in [-0.39, 0.29) is 35.1 Å². The second-order valence-electron chi connectivity index (χ2n) is 6.58. The van der Waals surface area contributed by atoms with Crippen LogP contribution in [0.15, 0.2) is 60.7 Å². The van der Waals surface area contributed by atoms with E-state index in [4.69, 9.17) is 0 Å². The van der Waals surface area contributed by atoms with Gasteiger partial charge in [-0.3, -0.25) is 19.2 Å². The van der Waals surface area contributed by atoms with Crippen LogP contribution in [-0.2, 0) is 9.59 Å². The Morgan fingerprint density at radius 3 is 1.31 bits per heavy atom. The number of likely N-dealkylation sites (N-methyl/N-ethyl adjacent to an activating group) is 2. The number of amides is 4. The van der Waals surface area contributed by atoms with E-state index in [1.165, 1.54) is 35.7 Å². The second kappa shape index (κ2) is 13.4. The van der Waals surface area contributed by atoms with Crippen LogP contribution >= 0.6 is 21.6 Å². The molecule has 0 aliphatic heterocycles. The highest BCUT2D eigenvalue weighted by Gasteiger charge is 2.23. The average molecular weight is 475 g/mol. The molecule has 0 saturated carbocycles. The quantitative estimate of drug-likeness (QED) is 0.289. The van der Waals surface area contributed by atoms with Crippen molar-refractivity contribution in [2.24, 2.45) is 0 Å². The van der Waals surface area contributed by atoms with Crippen molar-refractivity contribution in [2.45, 2.75) is 12.1 Å². The Balaban J connectivity index is 1.90. The van der Waals surface area contributed by atoms with Gasteiger partial charge in [-0.15, -0.1) is 0 Å².